The molecule has 8 aromatic carbocycles. The van der Waals surface area contributed by atoms with E-state index in [0.717, 1.165) is 18.2 Å². The van der Waals surface area contributed by atoms with Crippen LogP contribution < -0.4 is 14.8 Å². The number of aromatic hydroxyl groups is 2. The molecule has 357 valence electrons. The average molecular weight is 1040 g/mol. The number of ether oxygens (including phenoxy) is 2. The van der Waals surface area contributed by atoms with Gasteiger partial charge in [-0.05, 0) is 103 Å². The number of fused-ring (bicyclic) bond motifs is 3. The number of nitrogens with one attached hydrogen (secondary N) is 1. The third kappa shape index (κ3) is 10.4. The van der Waals surface area contributed by atoms with Crippen LogP contribution in [0.2, 0.25) is 0 Å². The number of methoxy groups -OCH3 is 2. The standard InChI is InChI=1S/C45H35N7O13S3.Cu/c1-24-43(68(61,62)63)20-26-19-28(10-13-31(26)45(24)65-3)46-27-9-12-30-25(18-27)8-15-37(44(30)54)50-51-38-23-41(64-2)39(22-40(38)53)52-48-35-17-16-34(32-14-11-29(21-33(32)35)66(55,56)57)47-49-36-6-4-5-7-42(36)67(58,59)60;/h4-23,46,53-54H,1-3H3,(H,55,56,57)(H,58,59,60)(H,61,62,63);. The van der Waals surface area contributed by atoms with Gasteiger partial charge in [0.2, 0.25) is 0 Å². The van der Waals surface area contributed by atoms with Gasteiger partial charge < -0.3 is 25.0 Å². The number of benzene rings is 8. The molecule has 8 rings (SSSR count). The summed E-state index contributed by atoms with van der Waals surface area (Å²) in [7, 11) is -11.1. The fourth-order valence-electron chi connectivity index (χ4n) is 7.27. The molecule has 20 nitrogen and oxygen atoms in total. The summed E-state index contributed by atoms with van der Waals surface area (Å²) in [6.07, 6.45) is 0. The SMILES string of the molecule is COc1cc(N=Nc2ccc3cc(Nc4ccc5c(OC)c(C)c(S(=O)(=O)O)cc5c4)ccc3c2O)c(O)cc1N=Nc1ccc(N=Nc2ccccc2S(=O)(=O)O)c2ccc(S(=O)(=O)O)cc12.[Cu]. The first-order valence-corrected chi connectivity index (χ1v) is 23.9. The minimum Gasteiger partial charge on any atom is -0.506 e. The Balaban J connectivity index is 0.00000703. The molecule has 0 bridgehead atoms. The molecule has 24 heteroatoms. The number of rotatable bonds is 13. The first kappa shape index (κ1) is 49.5. The number of azo groups is 3. The van der Waals surface area contributed by atoms with Gasteiger partial charge in [0, 0.05) is 67.7 Å². The summed E-state index contributed by atoms with van der Waals surface area (Å²) in [6.45, 7) is 1.55. The van der Waals surface area contributed by atoms with Crippen LogP contribution in [-0.2, 0) is 47.4 Å². The Labute approximate surface area is 403 Å². The Morgan fingerprint density at radius 1 is 0.478 bits per heavy atom. The Hall–Kier alpha value is -7.41. The summed E-state index contributed by atoms with van der Waals surface area (Å²) in [4.78, 5) is -1.24. The van der Waals surface area contributed by atoms with Crippen molar-refractivity contribution < 1.29 is 75.7 Å². The minimum atomic E-state index is -4.69. The summed E-state index contributed by atoms with van der Waals surface area (Å²) < 4.78 is 112. The van der Waals surface area contributed by atoms with E-state index in [0.29, 0.717) is 38.7 Å². The van der Waals surface area contributed by atoms with E-state index >= 15 is 0 Å². The van der Waals surface area contributed by atoms with Gasteiger partial charge in [0.15, 0.2) is 5.75 Å². The van der Waals surface area contributed by atoms with Crippen LogP contribution in [0.3, 0.4) is 0 Å². The van der Waals surface area contributed by atoms with Crippen LogP contribution in [0.5, 0.6) is 23.0 Å². The predicted octanol–water partition coefficient (Wildman–Crippen LogP) is 11.6. The number of anilines is 2. The number of hydrogen-bond donors (Lipinski definition) is 6. The Kier molecular flexibility index (Phi) is 13.8. The van der Waals surface area contributed by atoms with Crippen molar-refractivity contribution in [1.29, 1.82) is 0 Å². The van der Waals surface area contributed by atoms with Gasteiger partial charge in [-0.25, -0.2) is 0 Å². The first-order chi connectivity index (χ1) is 32.2. The van der Waals surface area contributed by atoms with Gasteiger partial charge in [0.05, 0.1) is 30.5 Å². The number of hydrogen-bond acceptors (Lipinski definition) is 17. The monoisotopic (exact) mass is 1040 g/mol. The second-order valence-corrected chi connectivity index (χ2v) is 19.0. The summed E-state index contributed by atoms with van der Waals surface area (Å²) in [5.74, 6) is -0.221. The maximum Gasteiger partial charge on any atom is 0.296 e. The minimum absolute atomic E-state index is 0. The molecule has 69 heavy (non-hydrogen) atoms. The van der Waals surface area contributed by atoms with Crippen molar-refractivity contribution in [3.63, 3.8) is 0 Å². The van der Waals surface area contributed by atoms with Gasteiger partial charge in [-0.15, -0.1) is 30.7 Å². The molecule has 0 heterocycles. The molecular weight excluding hydrogens is 1010 g/mol. The van der Waals surface area contributed by atoms with E-state index in [9.17, 15) is 49.1 Å². The molecular formula is C45H35CuN7O13S3. The van der Waals surface area contributed by atoms with Gasteiger partial charge in [-0.1, -0.05) is 24.3 Å². The second-order valence-electron chi connectivity index (χ2n) is 14.8. The molecule has 0 aliphatic rings. The molecule has 0 amide bonds. The maximum atomic E-state index is 12.1. The van der Waals surface area contributed by atoms with E-state index in [1.165, 1.54) is 74.9 Å². The molecule has 0 saturated heterocycles. The quantitative estimate of drug-likeness (QED) is 0.0355. The molecule has 0 aliphatic heterocycles. The van der Waals surface area contributed by atoms with Crippen molar-refractivity contribution in [2.75, 3.05) is 19.5 Å². The topological polar surface area (TPSA) is 308 Å². The van der Waals surface area contributed by atoms with Crippen LogP contribution in [0.25, 0.3) is 32.3 Å². The maximum absolute atomic E-state index is 12.1. The molecule has 1 radical (unpaired) electrons. The van der Waals surface area contributed by atoms with E-state index < -0.39 is 45.9 Å². The smallest absolute Gasteiger partial charge is 0.296 e. The summed E-state index contributed by atoms with van der Waals surface area (Å²) >= 11 is 0. The molecule has 0 aromatic heterocycles. The molecule has 0 aliphatic carbocycles. The van der Waals surface area contributed by atoms with Crippen LogP contribution in [0, 0.1) is 6.92 Å². The van der Waals surface area contributed by atoms with Gasteiger partial charge in [-0.2, -0.15) is 25.3 Å². The van der Waals surface area contributed by atoms with E-state index in [2.05, 4.69) is 36.0 Å². The van der Waals surface area contributed by atoms with Crippen molar-refractivity contribution in [2.24, 2.45) is 30.7 Å². The molecule has 0 spiro atoms. The molecule has 8 aromatic rings. The molecule has 0 atom stereocenters. The number of phenols is 2. The first-order valence-electron chi connectivity index (χ1n) is 19.6. The molecule has 0 unspecified atom stereocenters. The van der Waals surface area contributed by atoms with Gasteiger partial charge >= 0.3 is 0 Å². The van der Waals surface area contributed by atoms with Gasteiger partial charge in [0.25, 0.3) is 30.4 Å². The van der Waals surface area contributed by atoms with E-state index in [1.54, 1.807) is 49.4 Å². The Morgan fingerprint density at radius 3 is 1.70 bits per heavy atom. The van der Waals surface area contributed by atoms with Crippen molar-refractivity contribution in [3.8, 4) is 23.0 Å². The molecule has 6 N–H and O–H groups in total. The van der Waals surface area contributed by atoms with Crippen LogP contribution >= 0.6 is 0 Å². The van der Waals surface area contributed by atoms with Gasteiger partial charge in [0.1, 0.15) is 49.8 Å². The van der Waals surface area contributed by atoms with Crippen molar-refractivity contribution in [3.05, 3.63) is 127 Å². The average Bonchev–Trinajstić information content (AvgIpc) is 3.29. The van der Waals surface area contributed by atoms with E-state index in [4.69, 9.17) is 9.47 Å². The van der Waals surface area contributed by atoms with E-state index in [-0.39, 0.29) is 83.9 Å². The number of nitrogens with zero attached hydrogens (tertiary/aromatic N) is 6. The summed E-state index contributed by atoms with van der Waals surface area (Å²) in [6, 6.07) is 29.3. The fourth-order valence-corrected chi connectivity index (χ4v) is 9.15. The zero-order valence-electron chi connectivity index (χ0n) is 35.8. The van der Waals surface area contributed by atoms with Crippen molar-refractivity contribution in [2.45, 2.75) is 21.6 Å². The number of phenolic OH excluding ortho intramolecular Hbond substituents is 2. The third-order valence-corrected chi connectivity index (χ3v) is 13.2. The van der Waals surface area contributed by atoms with Crippen molar-refractivity contribution in [1.82, 2.24) is 0 Å². The van der Waals surface area contributed by atoms with Crippen LogP contribution in [0.4, 0.5) is 45.5 Å². The second kappa shape index (κ2) is 19.3. The fraction of sp³-hybridized carbons (Fsp3) is 0.0667. The Morgan fingerprint density at radius 2 is 1.04 bits per heavy atom. The summed E-state index contributed by atoms with van der Waals surface area (Å²) in [5, 5.41) is 52.9. The van der Waals surface area contributed by atoms with Gasteiger partial charge in [-0.3, -0.25) is 13.7 Å². The Bertz CT molecular complexity index is 3840. The summed E-state index contributed by atoms with van der Waals surface area (Å²) in [5.41, 5.74) is 1.55. The van der Waals surface area contributed by atoms with Crippen LogP contribution in [0.1, 0.15) is 5.56 Å². The largest absolute Gasteiger partial charge is 0.506 e. The third-order valence-electron chi connectivity index (χ3n) is 10.5. The molecule has 0 fully saturated rings. The zero-order chi connectivity index (χ0) is 48.7. The van der Waals surface area contributed by atoms with E-state index in [1.807, 2.05) is 0 Å². The normalized spacial score (nSPS) is 12.4. The predicted molar refractivity (Wildman–Crippen MR) is 251 cm³/mol. The molecule has 0 saturated carbocycles. The zero-order valence-corrected chi connectivity index (χ0v) is 39.1. The van der Waals surface area contributed by atoms with Crippen LogP contribution in [-0.4, -0.2) is 63.3 Å². The van der Waals surface area contributed by atoms with Crippen LogP contribution in [0.15, 0.2) is 167 Å². The van der Waals surface area contributed by atoms with Crippen molar-refractivity contribution >= 4 is 108 Å².